The van der Waals surface area contributed by atoms with Crippen molar-refractivity contribution in [2.75, 3.05) is 0 Å². The van der Waals surface area contributed by atoms with Gasteiger partial charge in [0.2, 0.25) is 0 Å². The van der Waals surface area contributed by atoms with E-state index < -0.39 is 0 Å². The van der Waals surface area contributed by atoms with Crippen LogP contribution < -0.4 is 29.5 Å². The first-order chi connectivity index (χ1) is 14.9. The maximum atomic E-state index is 3.63. The highest BCUT2D eigenvalue weighted by molar-refractivity contribution is 7.95. The molecule has 30 heavy (non-hydrogen) atoms. The maximum Gasteiger partial charge on any atom is 0.0953 e. The minimum absolute atomic E-state index is 0.0656. The van der Waals surface area contributed by atoms with Gasteiger partial charge in [0.15, 0.2) is 0 Å². The van der Waals surface area contributed by atoms with Crippen LogP contribution in [0.5, 0.6) is 0 Å². The van der Waals surface area contributed by atoms with Crippen molar-refractivity contribution in [3.63, 3.8) is 0 Å². The van der Waals surface area contributed by atoms with Gasteiger partial charge in [-0.05, 0) is 22.3 Å². The molecule has 5 rings (SSSR count). The van der Waals surface area contributed by atoms with Crippen molar-refractivity contribution in [3.8, 4) is 0 Å². The lowest BCUT2D eigenvalue weighted by Crippen LogP contribution is -2.45. The van der Waals surface area contributed by atoms with Crippen molar-refractivity contribution in [2.45, 2.75) is 24.7 Å². The molecular weight excluding hydrogens is 412 g/mol. The van der Waals surface area contributed by atoms with E-state index in [1.807, 2.05) is 12.1 Å². The number of benzene rings is 3. The predicted molar refractivity (Wildman–Crippen MR) is 124 cm³/mol. The Hall–Kier alpha value is -1.88. The van der Waals surface area contributed by atoms with E-state index in [0.717, 1.165) is 0 Å². The average Bonchev–Trinajstić information content (AvgIpc) is 2.85. The number of hydrogen-bond donors (Lipinski definition) is 6. The van der Waals surface area contributed by atoms with Crippen LogP contribution in [0.3, 0.4) is 0 Å². The van der Waals surface area contributed by atoms with Crippen LogP contribution in [0, 0.1) is 0 Å². The van der Waals surface area contributed by atoms with Crippen molar-refractivity contribution < 1.29 is 0 Å². The van der Waals surface area contributed by atoms with E-state index in [1.54, 1.807) is 0 Å². The molecule has 3 aromatic rings. The highest BCUT2D eigenvalue weighted by Crippen LogP contribution is 2.27. The van der Waals surface area contributed by atoms with E-state index in [9.17, 15) is 0 Å². The van der Waals surface area contributed by atoms with Crippen molar-refractivity contribution >= 4 is 24.3 Å². The van der Waals surface area contributed by atoms with E-state index in [1.165, 1.54) is 46.5 Å². The molecule has 3 aromatic carbocycles. The Morgan fingerprint density at radius 2 is 0.700 bits per heavy atom. The predicted octanol–water partition coefficient (Wildman–Crippen LogP) is 3.77. The first-order valence-corrected chi connectivity index (χ1v) is 11.6. The Labute approximate surface area is 185 Å². The van der Waals surface area contributed by atoms with Crippen LogP contribution in [-0.2, 0) is 0 Å². The topological polar surface area (TPSA) is 72.2 Å². The van der Waals surface area contributed by atoms with E-state index in [4.69, 9.17) is 0 Å². The SMILES string of the molecule is c1ccc(C2NSNC(c3ccc(C4NSNC(c5ccccc5)N4)cc3)N2)cc1. The summed E-state index contributed by atoms with van der Waals surface area (Å²) in [5.41, 5.74) is 4.85. The third kappa shape index (κ3) is 4.56. The molecule has 6 nitrogen and oxygen atoms in total. The summed E-state index contributed by atoms with van der Waals surface area (Å²) >= 11 is 3.06. The smallest absolute Gasteiger partial charge is 0.0953 e. The monoisotopic (exact) mass is 436 g/mol. The fraction of sp³-hybridized carbons (Fsp3) is 0.182. The lowest BCUT2D eigenvalue weighted by molar-refractivity contribution is 0.398. The molecule has 0 aliphatic carbocycles. The van der Waals surface area contributed by atoms with Gasteiger partial charge < -0.3 is 0 Å². The molecule has 2 fully saturated rings. The quantitative estimate of drug-likeness (QED) is 0.346. The normalized spacial score (nSPS) is 26.9. The van der Waals surface area contributed by atoms with Gasteiger partial charge in [0, 0.05) is 24.3 Å². The summed E-state index contributed by atoms with van der Waals surface area (Å²) in [5, 5.41) is 7.25. The average molecular weight is 437 g/mol. The second-order valence-corrected chi connectivity index (χ2v) is 8.58. The van der Waals surface area contributed by atoms with Crippen LogP contribution in [0.4, 0.5) is 0 Å². The maximum absolute atomic E-state index is 3.63. The Balaban J connectivity index is 1.26. The molecule has 0 spiro atoms. The van der Waals surface area contributed by atoms with Crippen molar-refractivity contribution in [3.05, 3.63) is 107 Å². The van der Waals surface area contributed by atoms with Crippen LogP contribution in [0.2, 0.25) is 0 Å². The largest absolute Gasteiger partial charge is 0.277 e. The molecule has 2 aliphatic heterocycles. The van der Waals surface area contributed by atoms with Crippen LogP contribution in [-0.4, -0.2) is 0 Å². The first-order valence-electron chi connectivity index (χ1n) is 9.92. The molecule has 154 valence electrons. The van der Waals surface area contributed by atoms with Gasteiger partial charge in [-0.25, -0.2) is 18.9 Å². The third-order valence-electron chi connectivity index (χ3n) is 5.24. The summed E-state index contributed by atoms with van der Waals surface area (Å²) in [7, 11) is 0. The minimum Gasteiger partial charge on any atom is -0.277 e. The fourth-order valence-corrected chi connectivity index (χ4v) is 5.03. The van der Waals surface area contributed by atoms with Crippen molar-refractivity contribution in [1.29, 1.82) is 0 Å². The number of rotatable bonds is 4. The molecule has 2 saturated heterocycles. The number of nitrogens with one attached hydrogen (secondary N) is 6. The zero-order valence-electron chi connectivity index (χ0n) is 16.2. The summed E-state index contributed by atoms with van der Waals surface area (Å²) in [6.45, 7) is 0. The minimum atomic E-state index is 0.0656. The van der Waals surface area contributed by atoms with Gasteiger partial charge >= 0.3 is 0 Å². The molecule has 0 radical (unpaired) electrons. The molecule has 4 unspecified atom stereocenters. The highest BCUT2D eigenvalue weighted by Gasteiger charge is 2.25. The van der Waals surface area contributed by atoms with Crippen molar-refractivity contribution in [2.24, 2.45) is 0 Å². The second kappa shape index (κ2) is 9.51. The fourth-order valence-electron chi connectivity index (χ4n) is 3.60. The first kappa shape index (κ1) is 20.0. The van der Waals surface area contributed by atoms with Crippen LogP contribution in [0.15, 0.2) is 84.9 Å². The molecule has 0 bridgehead atoms. The van der Waals surface area contributed by atoms with E-state index in [2.05, 4.69) is 102 Å². The van der Waals surface area contributed by atoms with Gasteiger partial charge in [-0.2, -0.15) is 0 Å². The molecule has 0 saturated carbocycles. The molecule has 0 amide bonds. The number of hydrogen-bond acceptors (Lipinski definition) is 8. The van der Waals surface area contributed by atoms with Gasteiger partial charge in [0.1, 0.15) is 0 Å². The van der Waals surface area contributed by atoms with E-state index in [-0.39, 0.29) is 24.7 Å². The van der Waals surface area contributed by atoms with Gasteiger partial charge in [0.05, 0.1) is 24.7 Å². The molecule has 2 heterocycles. The zero-order valence-corrected chi connectivity index (χ0v) is 17.8. The van der Waals surface area contributed by atoms with Gasteiger partial charge in [0.25, 0.3) is 0 Å². The van der Waals surface area contributed by atoms with Gasteiger partial charge in [-0.15, -0.1) is 0 Å². The standard InChI is InChI=1S/C22H24N6S2/c1-3-7-15(8-4-1)19-23-21(27-29-25-19)17-11-13-18(14-12-17)22-24-20(26-30-28-22)16-9-5-2-6-10-16/h1-14,19-28H. The second-order valence-electron chi connectivity index (χ2n) is 7.23. The third-order valence-corrected chi connectivity index (χ3v) is 6.66. The lowest BCUT2D eigenvalue weighted by Gasteiger charge is -2.34. The molecule has 8 heteroatoms. The molecule has 4 atom stereocenters. The molecule has 6 N–H and O–H groups in total. The Bertz CT molecular complexity index is 862. The summed E-state index contributed by atoms with van der Waals surface area (Å²) < 4.78 is 13.6. The molecular formula is C22H24N6S2. The lowest BCUT2D eigenvalue weighted by atomic mass is 10.1. The van der Waals surface area contributed by atoms with E-state index in [0.29, 0.717) is 0 Å². The highest BCUT2D eigenvalue weighted by atomic mass is 32.2. The Morgan fingerprint density at radius 1 is 0.400 bits per heavy atom. The summed E-state index contributed by atoms with van der Waals surface area (Å²) in [6, 6.07) is 29.6. The van der Waals surface area contributed by atoms with Crippen molar-refractivity contribution in [1.82, 2.24) is 29.5 Å². The summed E-state index contributed by atoms with van der Waals surface area (Å²) in [5.74, 6) is 0. The molecule has 2 aliphatic rings. The van der Waals surface area contributed by atoms with Gasteiger partial charge in [-0.3, -0.25) is 10.6 Å². The van der Waals surface area contributed by atoms with Gasteiger partial charge in [-0.1, -0.05) is 84.9 Å². The zero-order chi connectivity index (χ0) is 20.2. The van der Waals surface area contributed by atoms with Crippen LogP contribution in [0.25, 0.3) is 0 Å². The summed E-state index contributed by atoms with van der Waals surface area (Å²) in [4.78, 5) is 0. The summed E-state index contributed by atoms with van der Waals surface area (Å²) in [6.07, 6.45) is 0.322. The molecule has 0 aromatic heterocycles. The Morgan fingerprint density at radius 3 is 1.03 bits per heavy atom. The van der Waals surface area contributed by atoms with E-state index >= 15 is 0 Å². The van der Waals surface area contributed by atoms with Crippen LogP contribution >= 0.6 is 24.3 Å². The Kier molecular flexibility index (Phi) is 6.35. The van der Waals surface area contributed by atoms with Crippen LogP contribution in [0.1, 0.15) is 46.9 Å².